The standard InChI is InChI=1S/C29H27ClFN9O2/c1-4-25(41)39-12-11-38(14-21(39)17(2)3)23-8-6-20-28(37-23)29(34-15-32-20)36-19-5-7-22(26(30)27(19)31)42-18-9-10-40-24(13-18)33-16-35-40/h4-10,13,15-17,21H,1,11-12,14H2,2-3H3,(H,32,34,36). The van der Waals surface area contributed by atoms with Crippen LogP contribution in [-0.2, 0) is 4.79 Å². The normalized spacial score (nSPS) is 15.4. The topological polar surface area (TPSA) is 114 Å². The highest BCUT2D eigenvalue weighted by atomic mass is 35.5. The second-order valence-corrected chi connectivity index (χ2v) is 10.5. The first kappa shape index (κ1) is 27.3. The van der Waals surface area contributed by atoms with E-state index in [9.17, 15) is 4.79 Å². The number of anilines is 3. The van der Waals surface area contributed by atoms with Gasteiger partial charge in [-0.25, -0.2) is 28.8 Å². The Morgan fingerprint density at radius 2 is 2.02 bits per heavy atom. The van der Waals surface area contributed by atoms with E-state index in [4.69, 9.17) is 21.3 Å². The number of amides is 1. The Hall–Kier alpha value is -4.84. The maximum absolute atomic E-state index is 15.5. The predicted octanol–water partition coefficient (Wildman–Crippen LogP) is 5.26. The van der Waals surface area contributed by atoms with E-state index < -0.39 is 5.82 Å². The van der Waals surface area contributed by atoms with E-state index in [-0.39, 0.29) is 34.3 Å². The highest BCUT2D eigenvalue weighted by molar-refractivity contribution is 6.32. The van der Waals surface area contributed by atoms with Crippen LogP contribution in [0.4, 0.5) is 21.7 Å². The number of hydrogen-bond donors (Lipinski definition) is 1. The van der Waals surface area contributed by atoms with Crippen molar-refractivity contribution in [1.29, 1.82) is 0 Å². The fourth-order valence-corrected chi connectivity index (χ4v) is 5.20. The van der Waals surface area contributed by atoms with E-state index in [0.29, 0.717) is 53.7 Å². The molecule has 0 radical (unpaired) electrons. The van der Waals surface area contributed by atoms with Crippen molar-refractivity contribution >= 4 is 51.5 Å². The summed E-state index contributed by atoms with van der Waals surface area (Å²) >= 11 is 6.38. The smallest absolute Gasteiger partial charge is 0.246 e. The van der Waals surface area contributed by atoms with Crippen LogP contribution in [0.1, 0.15) is 13.8 Å². The van der Waals surface area contributed by atoms with Gasteiger partial charge in [0.1, 0.15) is 40.5 Å². The first-order chi connectivity index (χ1) is 20.3. The third kappa shape index (κ3) is 5.16. The molecule has 1 N–H and O–H groups in total. The fraction of sp³-hybridized carbons (Fsp3) is 0.241. The van der Waals surface area contributed by atoms with E-state index in [1.54, 1.807) is 28.9 Å². The van der Waals surface area contributed by atoms with Crippen LogP contribution in [0.5, 0.6) is 11.5 Å². The quantitative estimate of drug-likeness (QED) is 0.255. The van der Waals surface area contributed by atoms with Gasteiger partial charge in [-0.15, -0.1) is 0 Å². The highest BCUT2D eigenvalue weighted by Gasteiger charge is 2.32. The number of benzene rings is 1. The van der Waals surface area contributed by atoms with E-state index >= 15 is 4.39 Å². The molecule has 5 heterocycles. The number of pyridine rings is 2. The van der Waals surface area contributed by atoms with Crippen molar-refractivity contribution in [2.45, 2.75) is 19.9 Å². The van der Waals surface area contributed by atoms with Crippen LogP contribution in [0.2, 0.25) is 5.02 Å². The summed E-state index contributed by atoms with van der Waals surface area (Å²) < 4.78 is 22.9. The molecular weight excluding hydrogens is 561 g/mol. The molecule has 1 aliphatic rings. The minimum atomic E-state index is -0.705. The van der Waals surface area contributed by atoms with Gasteiger partial charge in [0.25, 0.3) is 0 Å². The molecule has 4 aromatic heterocycles. The van der Waals surface area contributed by atoms with Gasteiger partial charge in [0.05, 0.1) is 17.2 Å². The molecule has 1 aromatic carbocycles. The Labute approximate surface area is 245 Å². The van der Waals surface area contributed by atoms with Crippen LogP contribution < -0.4 is 15.0 Å². The molecule has 1 fully saturated rings. The van der Waals surface area contributed by atoms with Crippen molar-refractivity contribution in [3.8, 4) is 11.5 Å². The molecule has 11 nitrogen and oxygen atoms in total. The zero-order chi connectivity index (χ0) is 29.4. The number of nitrogens with one attached hydrogen (secondary N) is 1. The first-order valence-corrected chi connectivity index (χ1v) is 13.7. The van der Waals surface area contributed by atoms with E-state index in [2.05, 4.69) is 50.7 Å². The fourth-order valence-electron chi connectivity index (χ4n) is 5.00. The van der Waals surface area contributed by atoms with Crippen molar-refractivity contribution in [3.05, 3.63) is 78.7 Å². The first-order valence-electron chi connectivity index (χ1n) is 13.3. The number of carbonyl (C=O) groups is 1. The Balaban J connectivity index is 1.26. The largest absolute Gasteiger partial charge is 0.455 e. The van der Waals surface area contributed by atoms with Crippen molar-refractivity contribution in [2.24, 2.45) is 5.92 Å². The van der Waals surface area contributed by atoms with Crippen LogP contribution in [-0.4, -0.2) is 66.0 Å². The zero-order valence-electron chi connectivity index (χ0n) is 22.9. The Bertz CT molecular complexity index is 1810. The van der Waals surface area contributed by atoms with Crippen LogP contribution in [0.3, 0.4) is 0 Å². The molecule has 1 atom stereocenters. The SMILES string of the molecule is C=CC(=O)N1CCN(c2ccc3ncnc(Nc4ccc(Oc5ccn6ncnc6c5)c(Cl)c4F)c3n2)CC1C(C)C. The summed E-state index contributed by atoms with van der Waals surface area (Å²) in [5.74, 6) is 1.07. The summed E-state index contributed by atoms with van der Waals surface area (Å²) in [5, 5.41) is 6.87. The van der Waals surface area contributed by atoms with Gasteiger partial charge in [-0.3, -0.25) is 4.79 Å². The van der Waals surface area contributed by atoms with Gasteiger partial charge in [0.15, 0.2) is 17.3 Å². The average Bonchev–Trinajstić information content (AvgIpc) is 3.48. The molecule has 0 saturated carbocycles. The third-order valence-electron chi connectivity index (χ3n) is 7.22. The van der Waals surface area contributed by atoms with Gasteiger partial charge >= 0.3 is 0 Å². The average molecular weight is 588 g/mol. The van der Waals surface area contributed by atoms with Gasteiger partial charge in [-0.2, -0.15) is 5.10 Å². The summed E-state index contributed by atoms with van der Waals surface area (Å²) in [7, 11) is 0. The summed E-state index contributed by atoms with van der Waals surface area (Å²) in [5.41, 5.74) is 1.74. The minimum absolute atomic E-state index is 0.00150. The lowest BCUT2D eigenvalue weighted by Crippen LogP contribution is -2.57. The molecule has 214 valence electrons. The molecule has 0 bridgehead atoms. The molecule has 0 aliphatic carbocycles. The van der Waals surface area contributed by atoms with Crippen molar-refractivity contribution in [3.63, 3.8) is 0 Å². The van der Waals surface area contributed by atoms with Crippen LogP contribution in [0, 0.1) is 11.7 Å². The van der Waals surface area contributed by atoms with Crippen LogP contribution in [0.15, 0.2) is 67.9 Å². The number of nitrogens with zero attached hydrogens (tertiary/aromatic N) is 8. The molecule has 1 saturated heterocycles. The van der Waals surface area contributed by atoms with E-state index in [1.807, 2.05) is 17.0 Å². The van der Waals surface area contributed by atoms with Gasteiger partial charge in [0, 0.05) is 31.9 Å². The predicted molar refractivity (Wildman–Crippen MR) is 158 cm³/mol. The zero-order valence-corrected chi connectivity index (χ0v) is 23.7. The molecule has 13 heteroatoms. The number of piperazine rings is 1. The van der Waals surface area contributed by atoms with E-state index in [1.165, 1.54) is 24.8 Å². The molecule has 5 aromatic rings. The van der Waals surface area contributed by atoms with Crippen LogP contribution >= 0.6 is 11.6 Å². The molecule has 1 unspecified atom stereocenters. The van der Waals surface area contributed by atoms with Gasteiger partial charge < -0.3 is 19.9 Å². The molecule has 1 amide bonds. The maximum Gasteiger partial charge on any atom is 0.246 e. The molecule has 42 heavy (non-hydrogen) atoms. The van der Waals surface area contributed by atoms with Crippen molar-refractivity contribution in [1.82, 2.24) is 34.4 Å². The molecule has 0 spiro atoms. The number of rotatable bonds is 7. The minimum Gasteiger partial charge on any atom is -0.455 e. The Morgan fingerprint density at radius 1 is 1.17 bits per heavy atom. The summed E-state index contributed by atoms with van der Waals surface area (Å²) in [4.78, 5) is 34.0. The summed E-state index contributed by atoms with van der Waals surface area (Å²) in [6.07, 6.45) is 5.85. The molecule has 1 aliphatic heterocycles. The number of ether oxygens (including phenoxy) is 1. The van der Waals surface area contributed by atoms with Gasteiger partial charge in [-0.05, 0) is 42.3 Å². The lowest BCUT2D eigenvalue weighted by molar-refractivity contribution is -0.129. The van der Waals surface area contributed by atoms with Gasteiger partial charge in [-0.1, -0.05) is 32.0 Å². The lowest BCUT2D eigenvalue weighted by Gasteiger charge is -2.43. The number of hydrogen-bond acceptors (Lipinski definition) is 9. The van der Waals surface area contributed by atoms with Crippen molar-refractivity contribution < 1.29 is 13.9 Å². The van der Waals surface area contributed by atoms with Crippen molar-refractivity contribution in [2.75, 3.05) is 29.9 Å². The number of carbonyl (C=O) groups excluding carboxylic acids is 1. The summed E-state index contributed by atoms with van der Waals surface area (Å²) in [6, 6.07) is 10.2. The van der Waals surface area contributed by atoms with Crippen LogP contribution in [0.25, 0.3) is 16.7 Å². The van der Waals surface area contributed by atoms with E-state index in [0.717, 1.165) is 0 Å². The monoisotopic (exact) mass is 587 g/mol. The number of fused-ring (bicyclic) bond motifs is 2. The molecular formula is C29H27ClFN9O2. The highest BCUT2D eigenvalue weighted by Crippen LogP contribution is 2.37. The Morgan fingerprint density at radius 3 is 2.83 bits per heavy atom. The van der Waals surface area contributed by atoms with Gasteiger partial charge in [0.2, 0.25) is 5.91 Å². The second-order valence-electron chi connectivity index (χ2n) is 10.1. The summed E-state index contributed by atoms with van der Waals surface area (Å²) in [6.45, 7) is 9.59. The number of halogens is 2. The molecule has 6 rings (SSSR count). The third-order valence-corrected chi connectivity index (χ3v) is 7.57. The second kappa shape index (κ2) is 11.2. The Kier molecular flexibility index (Phi) is 7.29. The lowest BCUT2D eigenvalue weighted by atomic mass is 9.99. The number of aromatic nitrogens is 6. The maximum atomic E-state index is 15.5.